The van der Waals surface area contributed by atoms with E-state index in [0.29, 0.717) is 6.08 Å². The van der Waals surface area contributed by atoms with Gasteiger partial charge in [-0.05, 0) is 6.92 Å². The van der Waals surface area contributed by atoms with E-state index in [1.54, 1.807) is 0 Å². The molecule has 0 bridgehead atoms. The molecule has 1 aliphatic rings. The van der Waals surface area contributed by atoms with Gasteiger partial charge in [0.15, 0.2) is 5.78 Å². The van der Waals surface area contributed by atoms with Crippen molar-refractivity contribution in [3.05, 3.63) is 11.8 Å². The second kappa shape index (κ2) is 2.73. The van der Waals surface area contributed by atoms with Crippen LogP contribution in [0.25, 0.3) is 0 Å². The fraction of sp³-hybridized carbons (Fsp3) is 0.429. The largest absolute Gasteiger partial charge is 0.433 e. The van der Waals surface area contributed by atoms with E-state index >= 15 is 0 Å². The monoisotopic (exact) mass is 177 g/mol. The van der Waals surface area contributed by atoms with Crippen LogP contribution < -0.4 is 0 Å². The second-order valence-corrected chi connectivity index (χ2v) is 2.52. The van der Waals surface area contributed by atoms with Gasteiger partial charge < -0.3 is 0 Å². The Kier molecular flexibility index (Phi) is 2.04. The topological polar surface area (TPSA) is 29.4 Å². The van der Waals surface area contributed by atoms with Gasteiger partial charge in [0.25, 0.3) is 0 Å². The zero-order valence-corrected chi connectivity index (χ0v) is 6.27. The van der Waals surface area contributed by atoms with Crippen molar-refractivity contribution in [1.29, 1.82) is 0 Å². The van der Waals surface area contributed by atoms with E-state index in [1.807, 2.05) is 0 Å². The molecule has 1 heterocycles. The maximum atomic E-state index is 12.0. The molecular formula is C7H6F3NO. The molecule has 0 atom stereocenters. The van der Waals surface area contributed by atoms with E-state index in [0.717, 1.165) is 0 Å². The van der Waals surface area contributed by atoms with Crippen LogP contribution in [0.2, 0.25) is 0 Å². The molecule has 66 valence electrons. The highest BCUT2D eigenvalue weighted by Crippen LogP contribution is 2.28. The molecule has 0 unspecified atom stereocenters. The van der Waals surface area contributed by atoms with Crippen molar-refractivity contribution in [2.45, 2.75) is 19.5 Å². The second-order valence-electron chi connectivity index (χ2n) is 2.52. The summed E-state index contributed by atoms with van der Waals surface area (Å²) in [7, 11) is 0. The van der Waals surface area contributed by atoms with E-state index in [2.05, 4.69) is 4.99 Å². The van der Waals surface area contributed by atoms with Gasteiger partial charge in [0.1, 0.15) is 5.70 Å². The highest BCUT2D eigenvalue weighted by molar-refractivity contribution is 6.08. The number of aliphatic imine (C=N–C) groups is 1. The van der Waals surface area contributed by atoms with Crippen LogP contribution in [-0.2, 0) is 4.79 Å². The maximum Gasteiger partial charge on any atom is 0.433 e. The summed E-state index contributed by atoms with van der Waals surface area (Å²) < 4.78 is 35.9. The number of nitrogens with zero attached hydrogens (tertiary/aromatic N) is 1. The summed E-state index contributed by atoms with van der Waals surface area (Å²) in [5, 5.41) is 0. The lowest BCUT2D eigenvalue weighted by molar-refractivity contribution is -0.115. The quantitative estimate of drug-likeness (QED) is 0.555. The van der Waals surface area contributed by atoms with Gasteiger partial charge in [0, 0.05) is 18.2 Å². The molecule has 0 aromatic carbocycles. The van der Waals surface area contributed by atoms with Crippen molar-refractivity contribution in [3.8, 4) is 0 Å². The van der Waals surface area contributed by atoms with Crippen molar-refractivity contribution in [3.63, 3.8) is 0 Å². The summed E-state index contributed by atoms with van der Waals surface area (Å²) in [6.07, 6.45) is -4.00. The van der Waals surface area contributed by atoms with Gasteiger partial charge in [0.05, 0.1) is 0 Å². The van der Waals surface area contributed by atoms with Crippen molar-refractivity contribution < 1.29 is 18.0 Å². The van der Waals surface area contributed by atoms with Crippen LogP contribution >= 0.6 is 0 Å². The first-order valence-corrected chi connectivity index (χ1v) is 3.25. The number of allylic oxidation sites excluding steroid dienone is 2. The molecule has 5 heteroatoms. The van der Waals surface area contributed by atoms with E-state index in [-0.39, 0.29) is 12.1 Å². The molecule has 0 aromatic rings. The van der Waals surface area contributed by atoms with Gasteiger partial charge in [-0.1, -0.05) is 0 Å². The van der Waals surface area contributed by atoms with Crippen LogP contribution in [0.4, 0.5) is 13.2 Å². The SMILES string of the molecule is CC1=NC(C(F)(F)F)=CC(=O)C1. The first-order chi connectivity index (χ1) is 5.39. The summed E-state index contributed by atoms with van der Waals surface area (Å²) in [5.74, 6) is -0.546. The Morgan fingerprint density at radius 3 is 2.50 bits per heavy atom. The Morgan fingerprint density at radius 1 is 1.50 bits per heavy atom. The Morgan fingerprint density at radius 2 is 2.08 bits per heavy atom. The van der Waals surface area contributed by atoms with Gasteiger partial charge in [-0.3, -0.25) is 9.79 Å². The van der Waals surface area contributed by atoms with Crippen molar-refractivity contribution >= 4 is 11.5 Å². The molecule has 0 amide bonds. The minimum atomic E-state index is -4.52. The van der Waals surface area contributed by atoms with Crippen LogP contribution in [0, 0.1) is 0 Å². The van der Waals surface area contributed by atoms with Crippen LogP contribution in [0.15, 0.2) is 16.8 Å². The Hall–Kier alpha value is -1.13. The van der Waals surface area contributed by atoms with Crippen LogP contribution in [0.1, 0.15) is 13.3 Å². The maximum absolute atomic E-state index is 12.0. The Balaban J connectivity index is 2.99. The fourth-order valence-corrected chi connectivity index (χ4v) is 0.878. The standard InChI is InChI=1S/C7H6F3NO/c1-4-2-5(12)3-6(11-4)7(8,9)10/h3H,2H2,1H3. The highest BCUT2D eigenvalue weighted by atomic mass is 19.4. The highest BCUT2D eigenvalue weighted by Gasteiger charge is 2.35. The molecule has 0 radical (unpaired) electrons. The molecule has 1 aliphatic heterocycles. The summed E-state index contributed by atoms with van der Waals surface area (Å²) in [5.41, 5.74) is -0.897. The molecule has 0 fully saturated rings. The minimum absolute atomic E-state index is 0.0143. The smallest absolute Gasteiger partial charge is 0.294 e. The summed E-state index contributed by atoms with van der Waals surface area (Å²) in [4.78, 5) is 13.9. The van der Waals surface area contributed by atoms with Crippen LogP contribution in [0.3, 0.4) is 0 Å². The molecular weight excluding hydrogens is 171 g/mol. The number of carbonyl (C=O) groups is 1. The predicted molar refractivity (Wildman–Crippen MR) is 36.9 cm³/mol. The zero-order chi connectivity index (χ0) is 9.35. The molecule has 12 heavy (non-hydrogen) atoms. The van der Waals surface area contributed by atoms with Crippen molar-refractivity contribution in [2.24, 2.45) is 4.99 Å². The summed E-state index contributed by atoms with van der Waals surface area (Å²) in [6, 6.07) is 0. The zero-order valence-electron chi connectivity index (χ0n) is 6.27. The average molecular weight is 177 g/mol. The Labute approximate surface area is 66.8 Å². The van der Waals surface area contributed by atoms with Gasteiger partial charge >= 0.3 is 6.18 Å². The molecule has 0 aromatic heterocycles. The lowest BCUT2D eigenvalue weighted by Crippen LogP contribution is -2.18. The molecule has 2 nitrogen and oxygen atoms in total. The molecule has 0 saturated carbocycles. The van der Waals surface area contributed by atoms with E-state index in [4.69, 9.17) is 0 Å². The number of rotatable bonds is 0. The van der Waals surface area contributed by atoms with Gasteiger partial charge in [-0.2, -0.15) is 13.2 Å². The van der Waals surface area contributed by atoms with E-state index in [1.165, 1.54) is 6.92 Å². The number of carbonyl (C=O) groups excluding carboxylic acids is 1. The lowest BCUT2D eigenvalue weighted by Gasteiger charge is -2.11. The van der Waals surface area contributed by atoms with Crippen molar-refractivity contribution in [1.82, 2.24) is 0 Å². The number of halogens is 3. The first-order valence-electron chi connectivity index (χ1n) is 3.25. The third kappa shape index (κ3) is 1.93. The van der Waals surface area contributed by atoms with E-state index in [9.17, 15) is 18.0 Å². The lowest BCUT2D eigenvalue weighted by atomic mass is 10.1. The first kappa shape index (κ1) is 8.96. The third-order valence-electron chi connectivity index (χ3n) is 1.33. The number of hydrogen-bond acceptors (Lipinski definition) is 2. The summed E-state index contributed by atoms with van der Waals surface area (Å²) in [6.45, 7) is 1.40. The number of hydrogen-bond donors (Lipinski definition) is 0. The summed E-state index contributed by atoms with van der Waals surface area (Å²) >= 11 is 0. The average Bonchev–Trinajstić information content (AvgIpc) is 1.82. The molecule has 0 saturated heterocycles. The Bertz CT molecular complexity index is 275. The number of ketones is 1. The fourth-order valence-electron chi connectivity index (χ4n) is 0.878. The van der Waals surface area contributed by atoms with Gasteiger partial charge in [-0.25, -0.2) is 0 Å². The van der Waals surface area contributed by atoms with Gasteiger partial charge in [-0.15, -0.1) is 0 Å². The number of alkyl halides is 3. The van der Waals surface area contributed by atoms with Crippen LogP contribution in [-0.4, -0.2) is 17.7 Å². The third-order valence-corrected chi connectivity index (χ3v) is 1.33. The van der Waals surface area contributed by atoms with Crippen LogP contribution in [0.5, 0.6) is 0 Å². The molecule has 0 spiro atoms. The molecule has 1 rings (SSSR count). The minimum Gasteiger partial charge on any atom is -0.294 e. The molecule has 0 N–H and O–H groups in total. The predicted octanol–water partition coefficient (Wildman–Crippen LogP) is 1.87. The van der Waals surface area contributed by atoms with E-state index < -0.39 is 17.7 Å². The van der Waals surface area contributed by atoms with Crippen molar-refractivity contribution in [2.75, 3.05) is 0 Å². The molecule has 0 aliphatic carbocycles. The normalized spacial score (nSPS) is 18.8. The van der Waals surface area contributed by atoms with Gasteiger partial charge in [0.2, 0.25) is 0 Å².